The number of rotatable bonds is 5. The Bertz CT molecular complexity index is 1240. The Kier molecular flexibility index (Phi) is 6.92. The number of piperidine rings is 1. The molecule has 0 radical (unpaired) electrons. The Labute approximate surface area is 216 Å². The van der Waals surface area contributed by atoms with Crippen molar-refractivity contribution >= 4 is 17.1 Å². The molecule has 7 nitrogen and oxygen atoms in total. The van der Waals surface area contributed by atoms with Crippen LogP contribution in [0, 0.1) is 0 Å². The summed E-state index contributed by atoms with van der Waals surface area (Å²) in [5.41, 5.74) is 4.51. The van der Waals surface area contributed by atoms with Crippen molar-refractivity contribution in [2.24, 2.45) is 4.99 Å². The summed E-state index contributed by atoms with van der Waals surface area (Å²) in [6.07, 6.45) is 7.78. The Hall–Kier alpha value is -2.88. The minimum Gasteiger partial charge on any atom is -0.379 e. The van der Waals surface area contributed by atoms with Gasteiger partial charge in [-0.1, -0.05) is 12.1 Å². The van der Waals surface area contributed by atoms with Crippen LogP contribution in [-0.2, 0) is 4.74 Å². The molecule has 2 unspecified atom stereocenters. The summed E-state index contributed by atoms with van der Waals surface area (Å²) in [6.45, 7) is 6.93. The number of hydrogen-bond acceptors (Lipinski definition) is 6. The lowest BCUT2D eigenvalue weighted by Crippen LogP contribution is -2.38. The van der Waals surface area contributed by atoms with Crippen LogP contribution >= 0.6 is 0 Å². The van der Waals surface area contributed by atoms with Gasteiger partial charge in [0.05, 0.1) is 48.6 Å². The molecule has 2 fully saturated rings. The minimum atomic E-state index is -0.470. The van der Waals surface area contributed by atoms with E-state index in [0.717, 1.165) is 54.1 Å². The van der Waals surface area contributed by atoms with Crippen LogP contribution in [0.25, 0.3) is 0 Å². The maximum atomic E-state index is 15.3. The second-order valence-electron chi connectivity index (χ2n) is 10.4. The fourth-order valence-electron chi connectivity index (χ4n) is 5.80. The number of nitrogens with one attached hydrogen (secondary N) is 2. The number of benzene rings is 1. The molecular weight excluding hydrogens is 474 g/mol. The van der Waals surface area contributed by atoms with E-state index in [1.165, 1.54) is 0 Å². The first-order valence-electron chi connectivity index (χ1n) is 13.4. The molecule has 9 heteroatoms. The number of allylic oxidation sites excluding steroid dienone is 2. The largest absolute Gasteiger partial charge is 0.379 e. The predicted molar refractivity (Wildman–Crippen MR) is 141 cm³/mol. The third-order valence-electron chi connectivity index (χ3n) is 7.91. The van der Waals surface area contributed by atoms with E-state index < -0.39 is 11.7 Å². The lowest BCUT2D eigenvalue weighted by molar-refractivity contribution is 0.0418. The van der Waals surface area contributed by atoms with E-state index >= 15 is 8.78 Å². The number of aromatic nitrogens is 2. The standard InChI is InChI=1S/C28H34F2N6O/c1-18-27(20-15-32-36(16-20)21-5-7-31-8-6-21)34-28-22(3-2-4-26(28)33-18)19-13-24(29)23(25(30)14-19)17-35-9-11-37-12-10-35/h2-4,13,15-16,18-19,21,31,33H,5-12,14,17H2,1H3. The van der Waals surface area contributed by atoms with Crippen molar-refractivity contribution in [2.45, 2.75) is 44.2 Å². The minimum absolute atomic E-state index is 0.0104. The average molecular weight is 509 g/mol. The third-order valence-corrected chi connectivity index (χ3v) is 7.91. The van der Waals surface area contributed by atoms with Gasteiger partial charge in [-0.2, -0.15) is 5.10 Å². The van der Waals surface area contributed by atoms with E-state index in [0.29, 0.717) is 32.3 Å². The lowest BCUT2D eigenvalue weighted by Gasteiger charge is -2.30. The lowest BCUT2D eigenvalue weighted by atomic mass is 9.86. The Balaban J connectivity index is 1.27. The average Bonchev–Trinajstić information content (AvgIpc) is 3.41. The SMILES string of the molecule is CC1Nc2cccc(C3C=C(F)C(CN4CCOCC4)=C(F)C3)c2N=C1c1cnn(C2CCNCC2)c1. The molecule has 4 heterocycles. The van der Waals surface area contributed by atoms with Crippen LogP contribution in [0.15, 0.2) is 58.9 Å². The molecule has 1 aromatic carbocycles. The third kappa shape index (κ3) is 5.00. The quantitative estimate of drug-likeness (QED) is 0.616. The van der Waals surface area contributed by atoms with E-state index in [-0.39, 0.29) is 30.4 Å². The van der Waals surface area contributed by atoms with Crippen LogP contribution < -0.4 is 10.6 Å². The number of halogens is 2. The summed E-state index contributed by atoms with van der Waals surface area (Å²) >= 11 is 0. The molecule has 0 bridgehead atoms. The number of para-hydroxylation sites is 1. The van der Waals surface area contributed by atoms with Gasteiger partial charge in [0, 0.05) is 49.3 Å². The normalized spacial score (nSPS) is 25.4. The second-order valence-corrected chi connectivity index (χ2v) is 10.4. The number of hydrogen-bond donors (Lipinski definition) is 2. The first kappa shape index (κ1) is 24.5. The van der Waals surface area contributed by atoms with E-state index in [1.54, 1.807) is 6.08 Å². The van der Waals surface area contributed by atoms with Crippen LogP contribution in [0.5, 0.6) is 0 Å². The number of ether oxygens (including phenoxy) is 1. The van der Waals surface area contributed by atoms with Crippen LogP contribution in [0.1, 0.15) is 49.3 Å². The van der Waals surface area contributed by atoms with Crippen molar-refractivity contribution in [3.05, 3.63) is 65.0 Å². The smallest absolute Gasteiger partial charge is 0.126 e. The molecule has 1 aromatic heterocycles. The van der Waals surface area contributed by atoms with Gasteiger partial charge in [-0.3, -0.25) is 9.58 Å². The molecule has 196 valence electrons. The summed E-state index contributed by atoms with van der Waals surface area (Å²) < 4.78 is 37.9. The van der Waals surface area contributed by atoms with Gasteiger partial charge in [-0.25, -0.2) is 13.8 Å². The predicted octanol–water partition coefficient (Wildman–Crippen LogP) is 4.64. The highest BCUT2D eigenvalue weighted by molar-refractivity contribution is 6.09. The molecule has 37 heavy (non-hydrogen) atoms. The molecule has 3 aliphatic heterocycles. The van der Waals surface area contributed by atoms with Gasteiger partial charge >= 0.3 is 0 Å². The van der Waals surface area contributed by atoms with Crippen molar-refractivity contribution in [3.8, 4) is 0 Å². The van der Waals surface area contributed by atoms with Gasteiger partial charge in [0.15, 0.2) is 0 Å². The summed E-state index contributed by atoms with van der Waals surface area (Å²) in [5, 5.41) is 11.6. The zero-order chi connectivity index (χ0) is 25.4. The van der Waals surface area contributed by atoms with Gasteiger partial charge in [0.1, 0.15) is 11.7 Å². The first-order chi connectivity index (χ1) is 18.1. The summed E-state index contributed by atoms with van der Waals surface area (Å²) in [5.74, 6) is -1.26. The molecule has 2 saturated heterocycles. The van der Waals surface area contributed by atoms with Gasteiger partial charge in [-0.15, -0.1) is 0 Å². The molecule has 6 rings (SSSR count). The molecule has 2 N–H and O–H groups in total. The molecule has 0 amide bonds. The number of anilines is 1. The van der Waals surface area contributed by atoms with Crippen molar-refractivity contribution in [1.82, 2.24) is 20.0 Å². The summed E-state index contributed by atoms with van der Waals surface area (Å²) in [7, 11) is 0. The fraction of sp³-hybridized carbons (Fsp3) is 0.500. The van der Waals surface area contributed by atoms with Gasteiger partial charge in [-0.05, 0) is 50.6 Å². The van der Waals surface area contributed by atoms with Crippen molar-refractivity contribution in [1.29, 1.82) is 0 Å². The molecule has 2 atom stereocenters. The highest BCUT2D eigenvalue weighted by Gasteiger charge is 2.30. The van der Waals surface area contributed by atoms with Gasteiger partial charge in [0.25, 0.3) is 0 Å². The summed E-state index contributed by atoms with van der Waals surface area (Å²) in [4.78, 5) is 7.11. The molecule has 0 spiro atoms. The maximum Gasteiger partial charge on any atom is 0.126 e. The maximum absolute atomic E-state index is 15.3. The second kappa shape index (κ2) is 10.5. The summed E-state index contributed by atoms with van der Waals surface area (Å²) in [6, 6.07) is 6.23. The Morgan fingerprint density at radius 2 is 1.95 bits per heavy atom. The van der Waals surface area contributed by atoms with Gasteiger partial charge in [0.2, 0.25) is 0 Å². The van der Waals surface area contributed by atoms with Crippen LogP contribution in [-0.4, -0.2) is 72.4 Å². The molecule has 1 aliphatic carbocycles. The number of fused-ring (bicyclic) bond motifs is 1. The molecular formula is C28H34F2N6O. The molecule has 4 aliphatic rings. The van der Waals surface area contributed by atoms with E-state index in [4.69, 9.17) is 9.73 Å². The van der Waals surface area contributed by atoms with Crippen LogP contribution in [0.2, 0.25) is 0 Å². The number of aliphatic imine (C=N–C) groups is 1. The zero-order valence-corrected chi connectivity index (χ0v) is 21.2. The molecule has 2 aromatic rings. The Morgan fingerprint density at radius 1 is 1.14 bits per heavy atom. The highest BCUT2D eigenvalue weighted by atomic mass is 19.1. The van der Waals surface area contributed by atoms with Crippen LogP contribution in [0.3, 0.4) is 0 Å². The fourth-order valence-corrected chi connectivity index (χ4v) is 5.80. The van der Waals surface area contributed by atoms with Crippen molar-refractivity contribution in [3.63, 3.8) is 0 Å². The van der Waals surface area contributed by atoms with E-state index in [1.807, 2.05) is 29.3 Å². The highest BCUT2D eigenvalue weighted by Crippen LogP contribution is 2.44. The number of morpholine rings is 1. The van der Waals surface area contributed by atoms with Crippen molar-refractivity contribution in [2.75, 3.05) is 51.3 Å². The van der Waals surface area contributed by atoms with Gasteiger partial charge < -0.3 is 15.4 Å². The first-order valence-corrected chi connectivity index (χ1v) is 13.4. The Morgan fingerprint density at radius 3 is 2.73 bits per heavy atom. The van der Waals surface area contributed by atoms with E-state index in [9.17, 15) is 0 Å². The molecule has 0 saturated carbocycles. The monoisotopic (exact) mass is 508 g/mol. The van der Waals surface area contributed by atoms with Crippen LogP contribution in [0.4, 0.5) is 20.2 Å². The number of nitrogens with zero attached hydrogens (tertiary/aromatic N) is 4. The van der Waals surface area contributed by atoms with E-state index in [2.05, 4.69) is 33.5 Å². The zero-order valence-electron chi connectivity index (χ0n) is 21.2. The topological polar surface area (TPSA) is 66.7 Å². The van der Waals surface area contributed by atoms with Crippen molar-refractivity contribution < 1.29 is 13.5 Å².